The van der Waals surface area contributed by atoms with Crippen LogP contribution in [0.2, 0.25) is 0 Å². The molecule has 0 saturated carbocycles. The maximum absolute atomic E-state index is 6.17. The summed E-state index contributed by atoms with van der Waals surface area (Å²) in [4.78, 5) is 12.3. The van der Waals surface area contributed by atoms with Crippen LogP contribution >= 0.6 is 12.8 Å². The molecule has 1 aliphatic heterocycles. The number of nitrogens with one attached hydrogen (secondary N) is 3. The average Bonchev–Trinajstić information content (AvgIpc) is 3.15. The summed E-state index contributed by atoms with van der Waals surface area (Å²) in [6.07, 6.45) is 3.92. The molecule has 0 spiro atoms. The zero-order valence-electron chi connectivity index (χ0n) is 17.9. The number of hydrogen-bond donors (Lipinski definition) is 4. The number of rotatable bonds is 6. The summed E-state index contributed by atoms with van der Waals surface area (Å²) in [5.41, 5.74) is 4.12. The maximum Gasteiger partial charge on any atom is 0.229 e. The second-order valence-corrected chi connectivity index (χ2v) is 8.63. The molecular formula is C24H26N6OS. The monoisotopic (exact) mass is 446 g/mol. The van der Waals surface area contributed by atoms with E-state index in [4.69, 9.17) is 4.74 Å². The molecule has 8 heteroatoms. The lowest BCUT2D eigenvalue weighted by Crippen LogP contribution is -2.33. The van der Waals surface area contributed by atoms with Crippen molar-refractivity contribution in [3.8, 4) is 5.75 Å². The Morgan fingerprint density at radius 1 is 1.03 bits per heavy atom. The Balaban J connectivity index is 1.26. The number of hydrogen-bond acceptors (Lipinski definition) is 7. The van der Waals surface area contributed by atoms with Gasteiger partial charge in [0.1, 0.15) is 17.7 Å². The topological polar surface area (TPSA) is 78.1 Å². The second kappa shape index (κ2) is 9.10. The van der Waals surface area contributed by atoms with E-state index in [0.29, 0.717) is 5.95 Å². The number of ether oxygens (including phenoxy) is 1. The Morgan fingerprint density at radius 3 is 2.75 bits per heavy atom. The molecule has 1 saturated heterocycles. The number of anilines is 4. The maximum atomic E-state index is 6.17. The van der Waals surface area contributed by atoms with E-state index in [9.17, 15) is 0 Å². The van der Waals surface area contributed by atoms with Crippen molar-refractivity contribution in [3.05, 3.63) is 66.5 Å². The number of piperidine rings is 1. The molecule has 1 fully saturated rings. The van der Waals surface area contributed by atoms with Gasteiger partial charge in [-0.25, -0.2) is 4.98 Å². The largest absolute Gasteiger partial charge is 0.490 e. The van der Waals surface area contributed by atoms with Crippen LogP contribution in [0.3, 0.4) is 0 Å². The number of nitrogens with zero attached hydrogens (tertiary/aromatic N) is 3. The molecule has 32 heavy (non-hydrogen) atoms. The summed E-state index contributed by atoms with van der Waals surface area (Å²) in [6, 6.07) is 18.1. The molecule has 0 unspecified atom stereocenters. The molecule has 2 aromatic carbocycles. The molecule has 0 amide bonds. The number of thiol groups is 1. The zero-order chi connectivity index (χ0) is 21.9. The molecule has 0 radical (unpaired) electrons. The molecule has 7 nitrogen and oxygen atoms in total. The molecule has 4 aromatic rings. The third kappa shape index (κ3) is 4.98. The molecule has 0 atom stereocenters. The van der Waals surface area contributed by atoms with Crippen LogP contribution < -0.4 is 15.4 Å². The van der Waals surface area contributed by atoms with Crippen LogP contribution in [0, 0.1) is 6.92 Å². The van der Waals surface area contributed by atoms with Crippen LogP contribution in [-0.4, -0.2) is 38.5 Å². The predicted octanol–water partition coefficient (Wildman–Crippen LogP) is 5.44. The Hall–Kier alpha value is -3.23. The van der Waals surface area contributed by atoms with E-state index in [-0.39, 0.29) is 6.10 Å². The zero-order valence-corrected chi connectivity index (χ0v) is 18.8. The third-order valence-electron chi connectivity index (χ3n) is 5.49. The Kier molecular flexibility index (Phi) is 5.87. The molecular weight excluding hydrogens is 420 g/mol. The number of benzene rings is 2. The molecule has 1 aliphatic rings. The number of H-pyrrole nitrogens is 1. The Bertz CT molecular complexity index is 1220. The van der Waals surface area contributed by atoms with Gasteiger partial charge in [-0.1, -0.05) is 18.9 Å². The molecule has 0 bridgehead atoms. The van der Waals surface area contributed by atoms with Crippen molar-refractivity contribution in [1.29, 1.82) is 0 Å². The first kappa shape index (κ1) is 20.7. The van der Waals surface area contributed by atoms with Crippen molar-refractivity contribution in [2.75, 3.05) is 23.7 Å². The van der Waals surface area contributed by atoms with Crippen LogP contribution in [0.1, 0.15) is 18.5 Å². The van der Waals surface area contributed by atoms with Crippen molar-refractivity contribution in [2.45, 2.75) is 25.9 Å². The van der Waals surface area contributed by atoms with Crippen molar-refractivity contribution in [1.82, 2.24) is 19.3 Å². The molecule has 3 heterocycles. The van der Waals surface area contributed by atoms with E-state index in [0.717, 1.165) is 65.5 Å². The minimum Gasteiger partial charge on any atom is -0.490 e. The van der Waals surface area contributed by atoms with Crippen LogP contribution in [0.4, 0.5) is 23.1 Å². The Morgan fingerprint density at radius 2 is 1.88 bits per heavy atom. The normalized spacial score (nSPS) is 15.1. The number of aromatic nitrogens is 3. The summed E-state index contributed by atoms with van der Waals surface area (Å²) in [5.74, 6) is 2.09. The van der Waals surface area contributed by atoms with Crippen LogP contribution in [-0.2, 0) is 0 Å². The molecule has 164 valence electrons. The lowest BCUT2D eigenvalue weighted by atomic mass is 10.1. The highest BCUT2D eigenvalue weighted by Gasteiger charge is 2.18. The first-order chi connectivity index (χ1) is 15.6. The smallest absolute Gasteiger partial charge is 0.229 e. The minimum absolute atomic E-state index is 0.221. The summed E-state index contributed by atoms with van der Waals surface area (Å²) < 4.78 is 8.20. The molecule has 0 aliphatic carbocycles. The van der Waals surface area contributed by atoms with Gasteiger partial charge in [0.25, 0.3) is 0 Å². The Labute approximate surface area is 192 Å². The quantitative estimate of drug-likeness (QED) is 0.295. The van der Waals surface area contributed by atoms with Crippen LogP contribution in [0.5, 0.6) is 5.75 Å². The van der Waals surface area contributed by atoms with Crippen molar-refractivity contribution >= 4 is 46.9 Å². The van der Waals surface area contributed by atoms with Gasteiger partial charge in [-0.3, -0.25) is 4.31 Å². The summed E-state index contributed by atoms with van der Waals surface area (Å²) in [7, 11) is 0. The minimum atomic E-state index is 0.221. The van der Waals surface area contributed by atoms with Gasteiger partial charge in [0.2, 0.25) is 5.95 Å². The predicted molar refractivity (Wildman–Crippen MR) is 132 cm³/mol. The summed E-state index contributed by atoms with van der Waals surface area (Å²) in [6.45, 7) is 3.94. The van der Waals surface area contributed by atoms with E-state index >= 15 is 0 Å². The second-order valence-electron chi connectivity index (χ2n) is 8.07. The van der Waals surface area contributed by atoms with Gasteiger partial charge >= 0.3 is 0 Å². The van der Waals surface area contributed by atoms with E-state index < -0.39 is 0 Å². The molecule has 3 N–H and O–H groups in total. The van der Waals surface area contributed by atoms with Gasteiger partial charge in [-0.15, -0.1) is 0 Å². The van der Waals surface area contributed by atoms with E-state index in [1.807, 2.05) is 40.7 Å². The van der Waals surface area contributed by atoms with E-state index in [1.165, 1.54) is 0 Å². The van der Waals surface area contributed by atoms with Crippen molar-refractivity contribution < 1.29 is 4.74 Å². The highest BCUT2D eigenvalue weighted by molar-refractivity contribution is 7.77. The molecule has 5 rings (SSSR count). The van der Waals surface area contributed by atoms with Gasteiger partial charge in [-0.2, -0.15) is 4.98 Å². The van der Waals surface area contributed by atoms with Crippen LogP contribution in [0.25, 0.3) is 10.9 Å². The fourth-order valence-corrected chi connectivity index (χ4v) is 4.15. The summed E-state index contributed by atoms with van der Waals surface area (Å²) >= 11 is 4.40. The van der Waals surface area contributed by atoms with E-state index in [1.54, 1.807) is 6.20 Å². The third-order valence-corrected chi connectivity index (χ3v) is 5.89. The van der Waals surface area contributed by atoms with Gasteiger partial charge in [0, 0.05) is 53.3 Å². The lowest BCUT2D eigenvalue weighted by molar-refractivity contribution is 0.140. The van der Waals surface area contributed by atoms with Crippen LogP contribution in [0.15, 0.2) is 60.8 Å². The highest BCUT2D eigenvalue weighted by Crippen LogP contribution is 2.25. The van der Waals surface area contributed by atoms with Gasteiger partial charge in [0.15, 0.2) is 0 Å². The number of fused-ring (bicyclic) bond motifs is 1. The first-order valence-corrected chi connectivity index (χ1v) is 11.2. The lowest BCUT2D eigenvalue weighted by Gasteiger charge is -2.28. The molecule has 2 aromatic heterocycles. The SMILES string of the molecule is Cc1cc2cc(Nc3ccnc(Nc4cccc(OC5CCN(S)CC5)c4)n3)ccc2[nH]1. The average molecular weight is 447 g/mol. The first-order valence-electron chi connectivity index (χ1n) is 10.8. The van der Waals surface area contributed by atoms with E-state index in [2.05, 4.69) is 63.5 Å². The van der Waals surface area contributed by atoms with Gasteiger partial charge in [-0.05, 0) is 62.2 Å². The highest BCUT2D eigenvalue weighted by atomic mass is 32.1. The number of aryl methyl sites for hydroxylation is 1. The fourth-order valence-electron chi connectivity index (χ4n) is 3.92. The van der Waals surface area contributed by atoms with Gasteiger partial charge < -0.3 is 20.4 Å². The number of aromatic amines is 1. The fraction of sp³-hybridized carbons (Fsp3) is 0.250. The standard InChI is InChI=1S/C24H26N6OS/c1-16-13-17-14-19(5-6-22(17)26-16)27-23-7-10-25-24(29-23)28-18-3-2-4-21(15-18)31-20-8-11-30(32)12-9-20/h2-7,10,13-15,20,26,32H,8-9,11-12H2,1H3,(H2,25,27,28,29). The van der Waals surface area contributed by atoms with Crippen molar-refractivity contribution in [3.63, 3.8) is 0 Å². The summed E-state index contributed by atoms with van der Waals surface area (Å²) in [5, 5.41) is 7.80. The van der Waals surface area contributed by atoms with Gasteiger partial charge in [0.05, 0.1) is 0 Å². The van der Waals surface area contributed by atoms with Crippen molar-refractivity contribution in [2.24, 2.45) is 0 Å².